The van der Waals surface area contributed by atoms with Crippen molar-refractivity contribution in [2.75, 3.05) is 27.7 Å². The quantitative estimate of drug-likeness (QED) is 0.381. The number of carbonyl (C=O) groups excluding carboxylic acids is 1. The number of hydrogen-bond donors (Lipinski definition) is 2. The molecule has 6 nitrogen and oxygen atoms in total. The van der Waals surface area contributed by atoms with E-state index in [1.165, 1.54) is 19.3 Å². The third-order valence-corrected chi connectivity index (χ3v) is 6.62. The second-order valence-electron chi connectivity index (χ2n) is 8.27. The van der Waals surface area contributed by atoms with Crippen LogP contribution in [0.1, 0.15) is 41.6 Å². The van der Waals surface area contributed by atoms with E-state index in [2.05, 4.69) is 15.6 Å². The minimum atomic E-state index is 0. The van der Waals surface area contributed by atoms with E-state index in [-0.39, 0.29) is 29.9 Å². The minimum Gasteiger partial charge on any atom is -0.377 e. The lowest BCUT2D eigenvalue weighted by Crippen LogP contribution is -2.72. The molecular weight excluding hydrogens is 467 g/mol. The van der Waals surface area contributed by atoms with Crippen molar-refractivity contribution in [3.63, 3.8) is 0 Å². The van der Waals surface area contributed by atoms with Crippen LogP contribution in [-0.4, -0.2) is 56.7 Å². The van der Waals surface area contributed by atoms with Gasteiger partial charge in [0.15, 0.2) is 5.96 Å². The molecule has 1 saturated heterocycles. The third kappa shape index (κ3) is 3.63. The van der Waals surface area contributed by atoms with Crippen LogP contribution in [0, 0.1) is 11.3 Å². The highest BCUT2D eigenvalue weighted by molar-refractivity contribution is 14.0. The average molecular weight is 498 g/mol. The molecule has 0 aromatic heterocycles. The number of rotatable bonds is 4. The number of hydrogen-bond acceptors (Lipinski definition) is 3. The number of benzene rings is 1. The smallest absolute Gasteiger partial charge is 0.253 e. The zero-order valence-electron chi connectivity index (χ0n) is 16.9. The van der Waals surface area contributed by atoms with Crippen LogP contribution in [-0.2, 0) is 11.3 Å². The Labute approximate surface area is 184 Å². The fourth-order valence-corrected chi connectivity index (χ4v) is 5.01. The molecule has 154 valence electrons. The van der Waals surface area contributed by atoms with Crippen molar-refractivity contribution in [1.82, 2.24) is 15.5 Å². The number of fused-ring (bicyclic) bond motifs is 2. The maximum Gasteiger partial charge on any atom is 0.253 e. The van der Waals surface area contributed by atoms with Crippen LogP contribution in [0.4, 0.5) is 0 Å². The summed E-state index contributed by atoms with van der Waals surface area (Å²) in [6.45, 7) is 1.58. The number of aliphatic imine (C=N–C) groups is 1. The number of amides is 1. The largest absolute Gasteiger partial charge is 0.377 e. The van der Waals surface area contributed by atoms with Gasteiger partial charge in [-0.25, -0.2) is 0 Å². The summed E-state index contributed by atoms with van der Waals surface area (Å²) in [5.41, 5.74) is 2.18. The lowest BCUT2D eigenvalue weighted by atomic mass is 9.46. The highest BCUT2D eigenvalue weighted by Gasteiger charge is 2.66. The Kier molecular flexibility index (Phi) is 6.54. The van der Waals surface area contributed by atoms with Crippen LogP contribution in [0.15, 0.2) is 29.3 Å². The van der Waals surface area contributed by atoms with Gasteiger partial charge in [-0.2, -0.15) is 0 Å². The Bertz CT molecular complexity index is 730. The van der Waals surface area contributed by atoms with Gasteiger partial charge in [0.1, 0.15) is 0 Å². The van der Waals surface area contributed by atoms with E-state index in [1.54, 1.807) is 19.0 Å². The van der Waals surface area contributed by atoms with E-state index in [0.29, 0.717) is 35.6 Å². The fraction of sp³-hybridized carbons (Fsp3) is 0.619. The molecule has 7 heteroatoms. The summed E-state index contributed by atoms with van der Waals surface area (Å²) in [6.07, 6.45) is 5.47. The predicted molar refractivity (Wildman–Crippen MR) is 121 cm³/mol. The SMILES string of the molecule is CN=C(NCc1ccc(C(=O)N(C)C)cc1)NC1C2CCOC2C12CCC2.I. The summed E-state index contributed by atoms with van der Waals surface area (Å²) >= 11 is 0. The molecule has 3 aliphatic rings. The fourth-order valence-electron chi connectivity index (χ4n) is 5.01. The standard InChI is InChI=1S/C21H30N4O2.HI/c1-22-20(23-13-14-5-7-15(8-6-14)19(26)25(2)3)24-17-16-9-12-27-18(16)21(17)10-4-11-21;/h5-8,16-18H,4,9-13H2,1-3H3,(H2,22,23,24);1H. The van der Waals surface area contributed by atoms with Crippen LogP contribution in [0.5, 0.6) is 0 Å². The molecule has 3 atom stereocenters. The van der Waals surface area contributed by atoms with Crippen molar-refractivity contribution >= 4 is 35.8 Å². The second-order valence-corrected chi connectivity index (χ2v) is 8.27. The molecule has 1 aliphatic heterocycles. The molecule has 0 bridgehead atoms. The summed E-state index contributed by atoms with van der Waals surface area (Å²) in [4.78, 5) is 18.0. The molecule has 28 heavy (non-hydrogen) atoms. The number of nitrogens with zero attached hydrogens (tertiary/aromatic N) is 2. The molecule has 2 N–H and O–H groups in total. The molecule has 1 amide bonds. The van der Waals surface area contributed by atoms with E-state index in [0.717, 1.165) is 24.6 Å². The first-order valence-corrected chi connectivity index (χ1v) is 9.94. The van der Waals surface area contributed by atoms with Gasteiger partial charge in [-0.3, -0.25) is 9.79 Å². The van der Waals surface area contributed by atoms with E-state index in [4.69, 9.17) is 4.74 Å². The van der Waals surface area contributed by atoms with Gasteiger partial charge < -0.3 is 20.3 Å². The van der Waals surface area contributed by atoms with Crippen LogP contribution in [0.25, 0.3) is 0 Å². The Hall–Kier alpha value is -1.35. The van der Waals surface area contributed by atoms with Crippen LogP contribution in [0.3, 0.4) is 0 Å². The molecule has 1 spiro atoms. The zero-order chi connectivity index (χ0) is 19.0. The first kappa shape index (κ1) is 21.4. The molecule has 2 saturated carbocycles. The maximum absolute atomic E-state index is 12.0. The molecule has 3 fully saturated rings. The van der Waals surface area contributed by atoms with E-state index in [1.807, 2.05) is 31.3 Å². The lowest BCUT2D eigenvalue weighted by molar-refractivity contribution is -0.171. The summed E-state index contributed by atoms with van der Waals surface area (Å²) in [5, 5.41) is 7.11. The topological polar surface area (TPSA) is 66.0 Å². The van der Waals surface area contributed by atoms with Crippen molar-refractivity contribution in [3.05, 3.63) is 35.4 Å². The van der Waals surface area contributed by atoms with Crippen molar-refractivity contribution < 1.29 is 9.53 Å². The van der Waals surface area contributed by atoms with Crippen LogP contribution < -0.4 is 10.6 Å². The van der Waals surface area contributed by atoms with Crippen molar-refractivity contribution in [3.8, 4) is 0 Å². The van der Waals surface area contributed by atoms with E-state index >= 15 is 0 Å². The van der Waals surface area contributed by atoms with Gasteiger partial charge >= 0.3 is 0 Å². The molecule has 3 unspecified atom stereocenters. The predicted octanol–water partition coefficient (Wildman–Crippen LogP) is 2.63. The summed E-state index contributed by atoms with van der Waals surface area (Å²) in [6, 6.07) is 8.23. The highest BCUT2D eigenvalue weighted by Crippen LogP contribution is 2.62. The normalized spacial score (nSPS) is 27.1. The summed E-state index contributed by atoms with van der Waals surface area (Å²) in [5.74, 6) is 1.50. The Morgan fingerprint density at radius 3 is 2.57 bits per heavy atom. The highest BCUT2D eigenvalue weighted by atomic mass is 127. The maximum atomic E-state index is 12.0. The third-order valence-electron chi connectivity index (χ3n) is 6.62. The summed E-state index contributed by atoms with van der Waals surface area (Å²) < 4.78 is 6.00. The van der Waals surface area contributed by atoms with Gasteiger partial charge in [-0.1, -0.05) is 18.6 Å². The molecule has 4 rings (SSSR count). The van der Waals surface area contributed by atoms with Gasteiger partial charge in [-0.15, -0.1) is 24.0 Å². The molecule has 1 aromatic rings. The number of ether oxygens (including phenoxy) is 1. The van der Waals surface area contributed by atoms with Crippen molar-refractivity contribution in [2.45, 2.75) is 44.4 Å². The summed E-state index contributed by atoms with van der Waals surface area (Å²) in [7, 11) is 5.36. The molecule has 1 aromatic carbocycles. The van der Waals surface area contributed by atoms with Gasteiger partial charge in [0.25, 0.3) is 5.91 Å². The number of halogens is 1. The van der Waals surface area contributed by atoms with Crippen LogP contribution in [0.2, 0.25) is 0 Å². The molecule has 2 aliphatic carbocycles. The van der Waals surface area contributed by atoms with E-state index in [9.17, 15) is 4.79 Å². The Balaban J connectivity index is 0.00000225. The first-order valence-electron chi connectivity index (χ1n) is 9.94. The number of nitrogens with one attached hydrogen (secondary N) is 2. The average Bonchev–Trinajstić information content (AvgIpc) is 3.05. The zero-order valence-corrected chi connectivity index (χ0v) is 19.2. The monoisotopic (exact) mass is 498 g/mol. The second kappa shape index (κ2) is 8.57. The van der Waals surface area contributed by atoms with Crippen molar-refractivity contribution in [2.24, 2.45) is 16.3 Å². The molecular formula is C21H31IN4O2. The molecule has 0 radical (unpaired) electrons. The van der Waals surface area contributed by atoms with Gasteiger partial charge in [0.05, 0.1) is 6.10 Å². The van der Waals surface area contributed by atoms with Gasteiger partial charge in [0.2, 0.25) is 0 Å². The van der Waals surface area contributed by atoms with E-state index < -0.39 is 0 Å². The Morgan fingerprint density at radius 2 is 2.00 bits per heavy atom. The lowest BCUT2D eigenvalue weighted by Gasteiger charge is -2.63. The minimum absolute atomic E-state index is 0. The van der Waals surface area contributed by atoms with Crippen LogP contribution >= 0.6 is 24.0 Å². The number of carbonyl (C=O) groups is 1. The van der Waals surface area contributed by atoms with Crippen molar-refractivity contribution in [1.29, 1.82) is 0 Å². The number of guanidine groups is 1. The first-order chi connectivity index (χ1) is 13.0. The van der Waals surface area contributed by atoms with Gasteiger partial charge in [-0.05, 0) is 37.0 Å². The van der Waals surface area contributed by atoms with Gasteiger partial charge in [0, 0.05) is 57.2 Å². The molecule has 1 heterocycles. The Morgan fingerprint density at radius 1 is 1.29 bits per heavy atom.